The Kier molecular flexibility index (Phi) is 5.61. The SMILES string of the molecule is COc1cc(CNC(=O)N[C@H](C)c2ccc(Cl)cc2)ccn1. The maximum atomic E-state index is 11.9. The predicted octanol–water partition coefficient (Wildman–Crippen LogP) is 3.30. The molecular formula is C16H18ClN3O2. The molecule has 0 saturated heterocycles. The molecule has 0 bridgehead atoms. The number of aromatic nitrogens is 1. The third kappa shape index (κ3) is 4.63. The van der Waals surface area contributed by atoms with Crippen LogP contribution < -0.4 is 15.4 Å². The van der Waals surface area contributed by atoms with Crippen molar-refractivity contribution in [1.29, 1.82) is 0 Å². The number of amides is 2. The molecule has 0 spiro atoms. The lowest BCUT2D eigenvalue weighted by atomic mass is 10.1. The summed E-state index contributed by atoms with van der Waals surface area (Å²) in [5.74, 6) is 0.522. The quantitative estimate of drug-likeness (QED) is 0.888. The smallest absolute Gasteiger partial charge is 0.315 e. The summed E-state index contributed by atoms with van der Waals surface area (Å²) in [5, 5.41) is 6.35. The van der Waals surface area contributed by atoms with Gasteiger partial charge in [0, 0.05) is 23.8 Å². The van der Waals surface area contributed by atoms with E-state index in [0.29, 0.717) is 17.4 Å². The first-order valence-electron chi connectivity index (χ1n) is 6.87. The molecule has 2 rings (SSSR count). The number of ether oxygens (including phenoxy) is 1. The number of carbonyl (C=O) groups excluding carboxylic acids is 1. The Bertz CT molecular complexity index is 632. The number of urea groups is 1. The van der Waals surface area contributed by atoms with E-state index >= 15 is 0 Å². The van der Waals surface area contributed by atoms with Crippen LogP contribution in [0.1, 0.15) is 24.1 Å². The maximum absolute atomic E-state index is 11.9. The highest BCUT2D eigenvalue weighted by Crippen LogP contribution is 2.15. The summed E-state index contributed by atoms with van der Waals surface area (Å²) < 4.78 is 5.04. The lowest BCUT2D eigenvalue weighted by Gasteiger charge is -2.15. The number of nitrogens with one attached hydrogen (secondary N) is 2. The van der Waals surface area contributed by atoms with Gasteiger partial charge in [0.1, 0.15) is 0 Å². The largest absolute Gasteiger partial charge is 0.481 e. The monoisotopic (exact) mass is 319 g/mol. The Morgan fingerprint density at radius 2 is 2.05 bits per heavy atom. The fraction of sp³-hybridized carbons (Fsp3) is 0.250. The number of hydrogen-bond donors (Lipinski definition) is 2. The standard InChI is InChI=1S/C16H18ClN3O2/c1-11(13-3-5-14(17)6-4-13)20-16(21)19-10-12-7-8-18-15(9-12)22-2/h3-9,11H,10H2,1-2H3,(H2,19,20,21)/t11-/m1/s1. The van der Waals surface area contributed by atoms with Crippen molar-refractivity contribution in [1.82, 2.24) is 15.6 Å². The Morgan fingerprint density at radius 3 is 2.73 bits per heavy atom. The third-order valence-electron chi connectivity index (χ3n) is 3.18. The molecule has 5 nitrogen and oxygen atoms in total. The Balaban J connectivity index is 1.85. The molecule has 1 atom stereocenters. The number of hydrogen-bond acceptors (Lipinski definition) is 3. The molecule has 2 aromatic rings. The predicted molar refractivity (Wildman–Crippen MR) is 86.0 cm³/mol. The van der Waals surface area contributed by atoms with Crippen LogP contribution in [0, 0.1) is 0 Å². The summed E-state index contributed by atoms with van der Waals surface area (Å²) in [4.78, 5) is 15.9. The van der Waals surface area contributed by atoms with Crippen LogP contribution in [-0.4, -0.2) is 18.1 Å². The van der Waals surface area contributed by atoms with Crippen LogP contribution in [0.5, 0.6) is 5.88 Å². The number of methoxy groups -OCH3 is 1. The zero-order valence-electron chi connectivity index (χ0n) is 12.5. The average Bonchev–Trinajstić information content (AvgIpc) is 2.53. The number of rotatable bonds is 5. The van der Waals surface area contributed by atoms with E-state index in [0.717, 1.165) is 11.1 Å². The van der Waals surface area contributed by atoms with Crippen LogP contribution in [0.15, 0.2) is 42.6 Å². The topological polar surface area (TPSA) is 63.2 Å². The van der Waals surface area contributed by atoms with E-state index in [4.69, 9.17) is 16.3 Å². The Morgan fingerprint density at radius 1 is 1.32 bits per heavy atom. The first-order chi connectivity index (χ1) is 10.6. The number of pyridine rings is 1. The highest BCUT2D eigenvalue weighted by Gasteiger charge is 2.09. The molecule has 1 aromatic carbocycles. The van der Waals surface area contributed by atoms with Gasteiger partial charge in [-0.3, -0.25) is 0 Å². The second-order valence-corrected chi connectivity index (χ2v) is 5.24. The Labute approximate surface area is 134 Å². The van der Waals surface area contributed by atoms with Gasteiger partial charge in [-0.1, -0.05) is 23.7 Å². The van der Waals surface area contributed by atoms with Crippen LogP contribution in [0.25, 0.3) is 0 Å². The van der Waals surface area contributed by atoms with Crippen molar-refractivity contribution in [2.24, 2.45) is 0 Å². The minimum absolute atomic E-state index is 0.107. The minimum atomic E-state index is -0.238. The molecular weight excluding hydrogens is 302 g/mol. The zero-order valence-corrected chi connectivity index (χ0v) is 13.2. The van der Waals surface area contributed by atoms with Crippen LogP contribution in [0.4, 0.5) is 4.79 Å². The van der Waals surface area contributed by atoms with Gasteiger partial charge in [0.25, 0.3) is 0 Å². The normalized spacial score (nSPS) is 11.6. The summed E-state index contributed by atoms with van der Waals surface area (Å²) >= 11 is 5.85. The first-order valence-corrected chi connectivity index (χ1v) is 7.25. The first kappa shape index (κ1) is 16.1. The van der Waals surface area contributed by atoms with Crippen molar-refractivity contribution in [2.75, 3.05) is 7.11 Å². The third-order valence-corrected chi connectivity index (χ3v) is 3.43. The van der Waals surface area contributed by atoms with Crippen LogP contribution in [0.2, 0.25) is 5.02 Å². The zero-order chi connectivity index (χ0) is 15.9. The van der Waals surface area contributed by atoms with Gasteiger partial charge in [0.05, 0.1) is 13.2 Å². The van der Waals surface area contributed by atoms with E-state index in [1.807, 2.05) is 25.1 Å². The second-order valence-electron chi connectivity index (χ2n) is 4.81. The highest BCUT2D eigenvalue weighted by molar-refractivity contribution is 6.30. The number of nitrogens with zero attached hydrogens (tertiary/aromatic N) is 1. The summed E-state index contributed by atoms with van der Waals surface area (Å²) in [5.41, 5.74) is 1.91. The molecule has 1 aromatic heterocycles. The molecule has 2 amide bonds. The van der Waals surface area contributed by atoms with Gasteiger partial charge in [0.15, 0.2) is 0 Å². The molecule has 116 valence electrons. The molecule has 1 heterocycles. The fourth-order valence-electron chi connectivity index (χ4n) is 1.94. The van der Waals surface area contributed by atoms with Gasteiger partial charge in [-0.2, -0.15) is 0 Å². The van der Waals surface area contributed by atoms with Crippen molar-refractivity contribution in [3.63, 3.8) is 0 Å². The van der Waals surface area contributed by atoms with Gasteiger partial charge in [-0.15, -0.1) is 0 Å². The van der Waals surface area contributed by atoms with Gasteiger partial charge in [-0.05, 0) is 36.2 Å². The van der Waals surface area contributed by atoms with Crippen molar-refractivity contribution < 1.29 is 9.53 Å². The van der Waals surface area contributed by atoms with Gasteiger partial charge in [-0.25, -0.2) is 9.78 Å². The van der Waals surface area contributed by atoms with Crippen molar-refractivity contribution >= 4 is 17.6 Å². The van der Waals surface area contributed by atoms with E-state index < -0.39 is 0 Å². The lowest BCUT2D eigenvalue weighted by molar-refractivity contribution is 0.237. The summed E-state index contributed by atoms with van der Waals surface area (Å²) in [6.07, 6.45) is 1.64. The Hall–Kier alpha value is -2.27. The minimum Gasteiger partial charge on any atom is -0.481 e. The van der Waals surface area contributed by atoms with E-state index in [9.17, 15) is 4.79 Å². The average molecular weight is 320 g/mol. The van der Waals surface area contributed by atoms with E-state index in [2.05, 4.69) is 15.6 Å². The molecule has 6 heteroatoms. The van der Waals surface area contributed by atoms with Crippen LogP contribution in [-0.2, 0) is 6.54 Å². The maximum Gasteiger partial charge on any atom is 0.315 e. The van der Waals surface area contributed by atoms with Crippen molar-refractivity contribution in [3.05, 3.63) is 58.7 Å². The van der Waals surface area contributed by atoms with Crippen molar-refractivity contribution in [2.45, 2.75) is 19.5 Å². The van der Waals surface area contributed by atoms with Crippen molar-refractivity contribution in [3.8, 4) is 5.88 Å². The molecule has 0 aliphatic carbocycles. The van der Waals surface area contributed by atoms with E-state index in [1.54, 1.807) is 31.5 Å². The fourth-order valence-corrected chi connectivity index (χ4v) is 2.06. The van der Waals surface area contributed by atoms with Gasteiger partial charge < -0.3 is 15.4 Å². The summed E-state index contributed by atoms with van der Waals surface area (Å²) in [7, 11) is 1.56. The van der Waals surface area contributed by atoms with E-state index in [1.165, 1.54) is 0 Å². The molecule has 0 aliphatic heterocycles. The summed E-state index contributed by atoms with van der Waals surface area (Å²) in [6, 6.07) is 10.6. The number of benzene rings is 1. The molecule has 0 unspecified atom stereocenters. The van der Waals surface area contributed by atoms with Gasteiger partial charge in [0.2, 0.25) is 5.88 Å². The molecule has 0 saturated carbocycles. The summed E-state index contributed by atoms with van der Waals surface area (Å²) in [6.45, 7) is 2.32. The molecule has 0 aliphatic rings. The van der Waals surface area contributed by atoms with Crippen LogP contribution >= 0.6 is 11.6 Å². The number of halogens is 1. The molecule has 22 heavy (non-hydrogen) atoms. The number of carbonyl (C=O) groups is 1. The van der Waals surface area contributed by atoms with Gasteiger partial charge >= 0.3 is 6.03 Å². The second kappa shape index (κ2) is 7.66. The van der Waals surface area contributed by atoms with E-state index in [-0.39, 0.29) is 12.1 Å². The van der Waals surface area contributed by atoms with Crippen LogP contribution in [0.3, 0.4) is 0 Å². The molecule has 0 radical (unpaired) electrons. The molecule has 2 N–H and O–H groups in total. The molecule has 0 fully saturated rings. The lowest BCUT2D eigenvalue weighted by Crippen LogP contribution is -2.36. The highest BCUT2D eigenvalue weighted by atomic mass is 35.5.